The van der Waals surface area contributed by atoms with Gasteiger partial charge in [-0.2, -0.15) is 5.10 Å². The molecule has 5 nitrogen and oxygen atoms in total. The molecular formula is C11H18N4O. The Hall–Kier alpha value is -1.36. The van der Waals surface area contributed by atoms with Crippen LogP contribution in [-0.2, 0) is 17.8 Å². The summed E-state index contributed by atoms with van der Waals surface area (Å²) < 4.78 is 1.74. The zero-order chi connectivity index (χ0) is 11.7. The van der Waals surface area contributed by atoms with Gasteiger partial charge in [0, 0.05) is 11.3 Å². The quantitative estimate of drug-likeness (QED) is 0.758. The van der Waals surface area contributed by atoms with Crippen molar-refractivity contribution in [3.8, 4) is 0 Å². The Morgan fingerprint density at radius 2 is 2.38 bits per heavy atom. The summed E-state index contributed by atoms with van der Waals surface area (Å²) >= 11 is 0. The lowest BCUT2D eigenvalue weighted by atomic mass is 9.85. The number of aryl methyl sites for hydroxylation is 1. The molecule has 0 saturated heterocycles. The number of nitrogens with two attached hydrogens (primary N) is 2. The Labute approximate surface area is 94.8 Å². The van der Waals surface area contributed by atoms with Crippen LogP contribution in [0.1, 0.15) is 35.7 Å². The fourth-order valence-electron chi connectivity index (χ4n) is 2.61. The predicted molar refractivity (Wildman–Crippen MR) is 60.9 cm³/mol. The summed E-state index contributed by atoms with van der Waals surface area (Å²) in [6.45, 7) is 2.80. The second-order valence-corrected chi connectivity index (χ2v) is 4.39. The van der Waals surface area contributed by atoms with Crippen molar-refractivity contribution in [1.29, 1.82) is 0 Å². The Morgan fingerprint density at radius 1 is 1.62 bits per heavy atom. The number of fused-ring (bicyclic) bond motifs is 1. The lowest BCUT2D eigenvalue weighted by molar-refractivity contribution is -0.118. The summed E-state index contributed by atoms with van der Waals surface area (Å²) in [6.07, 6.45) is 3.20. The number of hydrogen-bond donors (Lipinski definition) is 2. The smallest absolute Gasteiger partial charge is 0.239 e. The van der Waals surface area contributed by atoms with E-state index in [-0.39, 0.29) is 12.5 Å². The lowest BCUT2D eigenvalue weighted by Gasteiger charge is -2.22. The average Bonchev–Trinajstić information content (AvgIpc) is 2.55. The van der Waals surface area contributed by atoms with Crippen LogP contribution in [0.15, 0.2) is 0 Å². The van der Waals surface area contributed by atoms with Crippen LogP contribution >= 0.6 is 0 Å². The molecule has 0 fully saturated rings. The van der Waals surface area contributed by atoms with E-state index in [1.807, 2.05) is 6.92 Å². The second-order valence-electron chi connectivity index (χ2n) is 4.39. The highest BCUT2D eigenvalue weighted by molar-refractivity contribution is 5.73. The summed E-state index contributed by atoms with van der Waals surface area (Å²) in [5.41, 5.74) is 14.4. The SMILES string of the molecule is Cc1nn(CC(N)=O)c2c1C(CN)CCC2. The normalized spacial score (nSPS) is 19.5. The zero-order valence-corrected chi connectivity index (χ0v) is 9.57. The van der Waals surface area contributed by atoms with Gasteiger partial charge in [0.25, 0.3) is 0 Å². The summed E-state index contributed by atoms with van der Waals surface area (Å²) in [6, 6.07) is 0. The van der Waals surface area contributed by atoms with E-state index in [2.05, 4.69) is 5.10 Å². The molecule has 16 heavy (non-hydrogen) atoms. The largest absolute Gasteiger partial charge is 0.368 e. The summed E-state index contributed by atoms with van der Waals surface area (Å²) in [4.78, 5) is 11.0. The molecule has 0 aliphatic heterocycles. The Morgan fingerprint density at radius 3 is 3.00 bits per heavy atom. The van der Waals surface area contributed by atoms with E-state index in [0.717, 1.165) is 30.7 Å². The number of nitrogens with zero attached hydrogens (tertiary/aromatic N) is 2. The molecule has 1 aliphatic rings. The molecule has 0 saturated carbocycles. The van der Waals surface area contributed by atoms with Crippen molar-refractivity contribution in [2.75, 3.05) is 6.54 Å². The number of carbonyl (C=O) groups excluding carboxylic acids is 1. The first-order chi connectivity index (χ1) is 7.63. The minimum Gasteiger partial charge on any atom is -0.368 e. The Kier molecular flexibility index (Phi) is 2.96. The highest BCUT2D eigenvalue weighted by Crippen LogP contribution is 2.33. The van der Waals surface area contributed by atoms with Gasteiger partial charge in [-0.15, -0.1) is 0 Å². The molecule has 4 N–H and O–H groups in total. The number of hydrogen-bond acceptors (Lipinski definition) is 3. The van der Waals surface area contributed by atoms with Gasteiger partial charge in [0.15, 0.2) is 0 Å². The van der Waals surface area contributed by atoms with E-state index in [9.17, 15) is 4.79 Å². The summed E-state index contributed by atoms with van der Waals surface area (Å²) in [5.74, 6) is 0.0468. The lowest BCUT2D eigenvalue weighted by Crippen LogP contribution is -2.23. The summed E-state index contributed by atoms with van der Waals surface area (Å²) in [7, 11) is 0. The van der Waals surface area contributed by atoms with Crippen LogP contribution in [0.4, 0.5) is 0 Å². The van der Waals surface area contributed by atoms with Gasteiger partial charge in [-0.25, -0.2) is 0 Å². The van der Waals surface area contributed by atoms with Crippen LogP contribution in [0.5, 0.6) is 0 Å². The van der Waals surface area contributed by atoms with Gasteiger partial charge in [-0.05, 0) is 38.6 Å². The van der Waals surface area contributed by atoms with Gasteiger partial charge in [0.2, 0.25) is 5.91 Å². The van der Waals surface area contributed by atoms with Crippen LogP contribution in [0.3, 0.4) is 0 Å². The maximum atomic E-state index is 11.0. The van der Waals surface area contributed by atoms with Crippen molar-refractivity contribution in [3.05, 3.63) is 17.0 Å². The molecule has 2 rings (SSSR count). The third kappa shape index (κ3) is 1.82. The van der Waals surface area contributed by atoms with Gasteiger partial charge in [-0.3, -0.25) is 9.48 Å². The minimum atomic E-state index is -0.347. The van der Waals surface area contributed by atoms with E-state index in [1.165, 1.54) is 5.56 Å². The van der Waals surface area contributed by atoms with Gasteiger partial charge < -0.3 is 11.5 Å². The highest BCUT2D eigenvalue weighted by atomic mass is 16.1. The monoisotopic (exact) mass is 222 g/mol. The molecule has 1 amide bonds. The molecule has 1 aromatic heterocycles. The van der Waals surface area contributed by atoms with E-state index >= 15 is 0 Å². The maximum Gasteiger partial charge on any atom is 0.239 e. The van der Waals surface area contributed by atoms with Gasteiger partial charge in [-0.1, -0.05) is 0 Å². The molecule has 88 valence electrons. The fourth-order valence-corrected chi connectivity index (χ4v) is 2.61. The molecule has 0 aromatic carbocycles. The molecule has 0 radical (unpaired) electrons. The van der Waals surface area contributed by atoms with Crippen molar-refractivity contribution in [3.63, 3.8) is 0 Å². The van der Waals surface area contributed by atoms with Crippen molar-refractivity contribution in [2.24, 2.45) is 11.5 Å². The number of primary amides is 1. The van der Waals surface area contributed by atoms with E-state index in [4.69, 9.17) is 11.5 Å². The standard InChI is InChI=1S/C11H18N4O/c1-7-11-8(5-12)3-2-4-9(11)15(14-7)6-10(13)16/h8H,2-6,12H2,1H3,(H2,13,16). The molecular weight excluding hydrogens is 204 g/mol. The fraction of sp³-hybridized carbons (Fsp3) is 0.636. The van der Waals surface area contributed by atoms with Gasteiger partial charge >= 0.3 is 0 Å². The minimum absolute atomic E-state index is 0.174. The van der Waals surface area contributed by atoms with E-state index < -0.39 is 0 Å². The highest BCUT2D eigenvalue weighted by Gasteiger charge is 2.26. The molecule has 1 unspecified atom stereocenters. The van der Waals surface area contributed by atoms with Crippen LogP contribution in [0, 0.1) is 6.92 Å². The van der Waals surface area contributed by atoms with Gasteiger partial charge in [0.05, 0.1) is 5.69 Å². The number of amides is 1. The first-order valence-electron chi connectivity index (χ1n) is 5.68. The molecule has 0 bridgehead atoms. The van der Waals surface area contributed by atoms with E-state index in [0.29, 0.717) is 12.5 Å². The van der Waals surface area contributed by atoms with Crippen LogP contribution in [0.2, 0.25) is 0 Å². The predicted octanol–water partition coefficient (Wildman–Crippen LogP) is 0.0554. The first kappa shape index (κ1) is 11.1. The molecule has 1 aliphatic carbocycles. The first-order valence-corrected chi connectivity index (χ1v) is 5.68. The average molecular weight is 222 g/mol. The van der Waals surface area contributed by atoms with Crippen LogP contribution in [0.25, 0.3) is 0 Å². The van der Waals surface area contributed by atoms with Gasteiger partial charge in [0.1, 0.15) is 6.54 Å². The Bertz CT molecular complexity index is 410. The third-order valence-corrected chi connectivity index (χ3v) is 3.25. The number of aromatic nitrogens is 2. The summed E-state index contributed by atoms with van der Waals surface area (Å²) in [5, 5.41) is 4.39. The molecule has 1 atom stereocenters. The van der Waals surface area contributed by atoms with Crippen molar-refractivity contribution >= 4 is 5.91 Å². The van der Waals surface area contributed by atoms with Crippen molar-refractivity contribution in [1.82, 2.24) is 9.78 Å². The Balaban J connectivity index is 2.40. The maximum absolute atomic E-state index is 11.0. The molecule has 1 heterocycles. The number of carbonyl (C=O) groups is 1. The van der Waals surface area contributed by atoms with Crippen LogP contribution in [-0.4, -0.2) is 22.2 Å². The second kappa shape index (κ2) is 4.25. The third-order valence-electron chi connectivity index (χ3n) is 3.25. The van der Waals surface area contributed by atoms with Crippen LogP contribution < -0.4 is 11.5 Å². The van der Waals surface area contributed by atoms with Crippen molar-refractivity contribution < 1.29 is 4.79 Å². The molecule has 5 heteroatoms. The molecule has 0 spiro atoms. The topological polar surface area (TPSA) is 86.9 Å². The molecule has 1 aromatic rings. The van der Waals surface area contributed by atoms with E-state index in [1.54, 1.807) is 4.68 Å². The van der Waals surface area contributed by atoms with Crippen molar-refractivity contribution in [2.45, 2.75) is 38.6 Å². The number of rotatable bonds is 3. The zero-order valence-electron chi connectivity index (χ0n) is 9.57.